The SMILES string of the molecule is OCCC=Cc1cnc2[nH]ccc2c1. The predicted octanol–water partition coefficient (Wildman–Crippen LogP) is 1.96. The molecule has 72 valence electrons. The number of aromatic nitrogens is 2. The standard InChI is InChI=1S/C11H12N2O/c14-6-2-1-3-9-7-10-4-5-12-11(10)13-8-9/h1,3-5,7-8,14H,2,6H2,(H,12,13). The molecule has 0 saturated carbocycles. The van der Waals surface area contributed by atoms with E-state index in [1.165, 1.54) is 0 Å². The van der Waals surface area contributed by atoms with Gasteiger partial charge in [0.25, 0.3) is 0 Å². The van der Waals surface area contributed by atoms with Crippen molar-refractivity contribution in [3.8, 4) is 0 Å². The summed E-state index contributed by atoms with van der Waals surface area (Å²) >= 11 is 0. The Morgan fingerprint density at radius 1 is 1.50 bits per heavy atom. The van der Waals surface area contributed by atoms with E-state index >= 15 is 0 Å². The molecule has 0 bridgehead atoms. The molecule has 0 saturated heterocycles. The van der Waals surface area contributed by atoms with Gasteiger partial charge in [-0.05, 0) is 24.1 Å². The maximum atomic E-state index is 8.61. The first-order valence-corrected chi connectivity index (χ1v) is 4.60. The summed E-state index contributed by atoms with van der Waals surface area (Å²) in [4.78, 5) is 7.29. The third-order valence-corrected chi connectivity index (χ3v) is 2.03. The third kappa shape index (κ3) is 1.83. The minimum Gasteiger partial charge on any atom is -0.396 e. The van der Waals surface area contributed by atoms with Crippen LogP contribution in [0.4, 0.5) is 0 Å². The fourth-order valence-electron chi connectivity index (χ4n) is 1.34. The van der Waals surface area contributed by atoms with Gasteiger partial charge < -0.3 is 10.1 Å². The van der Waals surface area contributed by atoms with Crippen LogP contribution in [0.25, 0.3) is 17.1 Å². The Labute approximate surface area is 82.1 Å². The Kier molecular flexibility index (Phi) is 2.60. The van der Waals surface area contributed by atoms with Crippen molar-refractivity contribution in [1.29, 1.82) is 0 Å². The van der Waals surface area contributed by atoms with Crippen LogP contribution in [0.1, 0.15) is 12.0 Å². The number of nitrogens with one attached hydrogen (secondary N) is 1. The molecule has 3 heteroatoms. The van der Waals surface area contributed by atoms with E-state index in [1.807, 2.05) is 30.6 Å². The van der Waals surface area contributed by atoms with Crippen molar-refractivity contribution in [1.82, 2.24) is 9.97 Å². The molecule has 0 fully saturated rings. The average Bonchev–Trinajstić information content (AvgIpc) is 2.65. The monoisotopic (exact) mass is 188 g/mol. The molecule has 3 nitrogen and oxygen atoms in total. The van der Waals surface area contributed by atoms with Gasteiger partial charge in [-0.1, -0.05) is 12.2 Å². The van der Waals surface area contributed by atoms with Crippen molar-refractivity contribution in [3.63, 3.8) is 0 Å². The van der Waals surface area contributed by atoms with E-state index < -0.39 is 0 Å². The Morgan fingerprint density at radius 2 is 2.43 bits per heavy atom. The van der Waals surface area contributed by atoms with E-state index in [-0.39, 0.29) is 6.61 Å². The zero-order valence-corrected chi connectivity index (χ0v) is 7.77. The molecule has 0 spiro atoms. The van der Waals surface area contributed by atoms with E-state index in [9.17, 15) is 0 Å². The molecule has 2 aromatic heterocycles. The molecule has 2 N–H and O–H groups in total. The van der Waals surface area contributed by atoms with Crippen LogP contribution in [0.5, 0.6) is 0 Å². The van der Waals surface area contributed by atoms with Gasteiger partial charge in [-0.3, -0.25) is 0 Å². The Balaban J connectivity index is 2.25. The number of aromatic amines is 1. The van der Waals surface area contributed by atoms with E-state index in [0.717, 1.165) is 16.6 Å². The first-order valence-electron chi connectivity index (χ1n) is 4.60. The fraction of sp³-hybridized carbons (Fsp3) is 0.182. The quantitative estimate of drug-likeness (QED) is 0.773. The summed E-state index contributed by atoms with van der Waals surface area (Å²) in [5.41, 5.74) is 1.97. The maximum Gasteiger partial charge on any atom is 0.137 e. The second kappa shape index (κ2) is 4.07. The van der Waals surface area contributed by atoms with Crippen molar-refractivity contribution in [2.24, 2.45) is 0 Å². The summed E-state index contributed by atoms with van der Waals surface area (Å²) in [6, 6.07) is 4.05. The van der Waals surface area contributed by atoms with Crippen LogP contribution in [-0.4, -0.2) is 21.7 Å². The van der Waals surface area contributed by atoms with Crippen LogP contribution < -0.4 is 0 Å². The van der Waals surface area contributed by atoms with Crippen LogP contribution in [0.15, 0.2) is 30.6 Å². The molecule has 2 rings (SSSR count). The molecular weight excluding hydrogens is 176 g/mol. The van der Waals surface area contributed by atoms with Gasteiger partial charge in [-0.15, -0.1) is 0 Å². The maximum absolute atomic E-state index is 8.61. The molecular formula is C11H12N2O. The highest BCUT2D eigenvalue weighted by atomic mass is 16.2. The number of hydrogen-bond donors (Lipinski definition) is 2. The first kappa shape index (κ1) is 8.97. The summed E-state index contributed by atoms with van der Waals surface area (Å²) in [5, 5.41) is 9.72. The van der Waals surface area contributed by atoms with Gasteiger partial charge in [-0.2, -0.15) is 0 Å². The van der Waals surface area contributed by atoms with E-state index in [2.05, 4.69) is 16.0 Å². The van der Waals surface area contributed by atoms with Crippen molar-refractivity contribution < 1.29 is 5.11 Å². The van der Waals surface area contributed by atoms with Crippen LogP contribution in [0.3, 0.4) is 0 Å². The van der Waals surface area contributed by atoms with Gasteiger partial charge >= 0.3 is 0 Å². The molecule has 14 heavy (non-hydrogen) atoms. The Bertz CT molecular complexity index is 445. The zero-order valence-electron chi connectivity index (χ0n) is 7.77. The molecule has 0 amide bonds. The van der Waals surface area contributed by atoms with E-state index in [0.29, 0.717) is 6.42 Å². The number of aliphatic hydroxyl groups is 1. The second-order valence-corrected chi connectivity index (χ2v) is 3.10. The Hall–Kier alpha value is -1.61. The topological polar surface area (TPSA) is 48.9 Å². The molecule has 0 unspecified atom stereocenters. The number of rotatable bonds is 3. The summed E-state index contributed by atoms with van der Waals surface area (Å²) in [7, 11) is 0. The number of aliphatic hydroxyl groups excluding tert-OH is 1. The van der Waals surface area contributed by atoms with Crippen LogP contribution >= 0.6 is 0 Å². The molecule has 0 atom stereocenters. The number of nitrogens with zero attached hydrogens (tertiary/aromatic N) is 1. The lowest BCUT2D eigenvalue weighted by molar-refractivity contribution is 0.303. The van der Waals surface area contributed by atoms with E-state index in [1.54, 1.807) is 0 Å². The van der Waals surface area contributed by atoms with Gasteiger partial charge in [0.05, 0.1) is 0 Å². The normalized spacial score (nSPS) is 11.5. The number of H-pyrrole nitrogens is 1. The van der Waals surface area contributed by atoms with Crippen molar-refractivity contribution >= 4 is 17.1 Å². The second-order valence-electron chi connectivity index (χ2n) is 3.10. The van der Waals surface area contributed by atoms with Gasteiger partial charge in [-0.25, -0.2) is 4.98 Å². The average molecular weight is 188 g/mol. The lowest BCUT2D eigenvalue weighted by Gasteiger charge is -1.93. The smallest absolute Gasteiger partial charge is 0.137 e. The van der Waals surface area contributed by atoms with E-state index in [4.69, 9.17) is 5.11 Å². The summed E-state index contributed by atoms with van der Waals surface area (Å²) in [5.74, 6) is 0. The van der Waals surface area contributed by atoms with Gasteiger partial charge in [0.15, 0.2) is 0 Å². The van der Waals surface area contributed by atoms with Gasteiger partial charge in [0.2, 0.25) is 0 Å². The van der Waals surface area contributed by atoms with Crippen molar-refractivity contribution in [2.75, 3.05) is 6.61 Å². The number of hydrogen-bond acceptors (Lipinski definition) is 2. The molecule has 2 heterocycles. The summed E-state index contributed by atoms with van der Waals surface area (Å²) in [6.45, 7) is 0.191. The first-order chi connectivity index (χ1) is 6.90. The molecule has 0 aliphatic heterocycles. The summed E-state index contributed by atoms with van der Waals surface area (Å²) in [6.07, 6.45) is 8.28. The van der Waals surface area contributed by atoms with Crippen LogP contribution in [-0.2, 0) is 0 Å². The lowest BCUT2D eigenvalue weighted by atomic mass is 10.2. The molecule has 0 aliphatic carbocycles. The molecule has 2 aromatic rings. The minimum atomic E-state index is 0.191. The summed E-state index contributed by atoms with van der Waals surface area (Å²) < 4.78 is 0. The zero-order chi connectivity index (χ0) is 9.80. The van der Waals surface area contributed by atoms with Crippen molar-refractivity contribution in [2.45, 2.75) is 6.42 Å². The van der Waals surface area contributed by atoms with Crippen LogP contribution in [0, 0.1) is 0 Å². The molecule has 0 radical (unpaired) electrons. The highest BCUT2D eigenvalue weighted by Gasteiger charge is 1.94. The lowest BCUT2D eigenvalue weighted by Crippen LogP contribution is -1.79. The van der Waals surface area contributed by atoms with Crippen molar-refractivity contribution in [3.05, 3.63) is 36.2 Å². The molecule has 0 aliphatic rings. The third-order valence-electron chi connectivity index (χ3n) is 2.03. The largest absolute Gasteiger partial charge is 0.396 e. The fourth-order valence-corrected chi connectivity index (χ4v) is 1.34. The molecule has 0 aromatic carbocycles. The number of fused-ring (bicyclic) bond motifs is 1. The highest BCUT2D eigenvalue weighted by Crippen LogP contribution is 2.12. The van der Waals surface area contributed by atoms with Gasteiger partial charge in [0.1, 0.15) is 5.65 Å². The highest BCUT2D eigenvalue weighted by molar-refractivity contribution is 5.77. The predicted molar refractivity (Wildman–Crippen MR) is 56.8 cm³/mol. The van der Waals surface area contributed by atoms with Gasteiger partial charge in [0, 0.05) is 24.4 Å². The number of pyridine rings is 1. The minimum absolute atomic E-state index is 0.191. The van der Waals surface area contributed by atoms with Crippen LogP contribution in [0.2, 0.25) is 0 Å². The Morgan fingerprint density at radius 3 is 3.29 bits per heavy atom.